The molecule has 170 valence electrons. The lowest BCUT2D eigenvalue weighted by molar-refractivity contribution is 0.0410. The van der Waals surface area contributed by atoms with Gasteiger partial charge >= 0.3 is 0 Å². The van der Waals surface area contributed by atoms with Gasteiger partial charge in [0, 0.05) is 36.1 Å². The lowest BCUT2D eigenvalue weighted by Crippen LogP contribution is -2.37. The first-order valence-electron chi connectivity index (χ1n) is 10.7. The first-order valence-corrected chi connectivity index (χ1v) is 12.1. The molecule has 0 atom stereocenters. The minimum absolute atomic E-state index is 0.299. The molecule has 3 aromatic rings. The molecule has 0 spiro atoms. The third-order valence-electron chi connectivity index (χ3n) is 5.03. The highest BCUT2D eigenvalue weighted by molar-refractivity contribution is 7.99. The molecule has 0 unspecified atom stereocenters. The van der Waals surface area contributed by atoms with Crippen LogP contribution in [-0.2, 0) is 11.3 Å². The minimum Gasteiger partial charge on any atom is -0.494 e. The van der Waals surface area contributed by atoms with Crippen LogP contribution in [0.25, 0.3) is 5.69 Å². The largest absolute Gasteiger partial charge is 0.494 e. The second-order valence-electron chi connectivity index (χ2n) is 7.21. The highest BCUT2D eigenvalue weighted by Crippen LogP contribution is 2.25. The zero-order valence-electron chi connectivity index (χ0n) is 18.1. The van der Waals surface area contributed by atoms with Gasteiger partial charge in [0.1, 0.15) is 18.1 Å². The van der Waals surface area contributed by atoms with E-state index in [1.807, 2.05) is 60.0 Å². The Bertz CT molecular complexity index is 976. The number of aromatic nitrogens is 3. The van der Waals surface area contributed by atoms with E-state index in [0.29, 0.717) is 18.2 Å². The molecule has 7 nitrogen and oxygen atoms in total. The quantitative estimate of drug-likeness (QED) is 0.405. The topological polar surface area (TPSA) is 61.6 Å². The molecule has 1 aromatic heterocycles. The second kappa shape index (κ2) is 11.6. The zero-order valence-corrected chi connectivity index (χ0v) is 19.6. The molecule has 2 aromatic carbocycles. The summed E-state index contributed by atoms with van der Waals surface area (Å²) in [5, 5.41) is 10.4. The molecule has 0 amide bonds. The van der Waals surface area contributed by atoms with Crippen LogP contribution >= 0.6 is 23.4 Å². The van der Waals surface area contributed by atoms with Crippen LogP contribution < -0.4 is 9.47 Å². The van der Waals surface area contributed by atoms with Gasteiger partial charge in [-0.3, -0.25) is 9.47 Å². The van der Waals surface area contributed by atoms with Crippen molar-refractivity contribution in [3.05, 3.63) is 59.4 Å². The molecule has 0 aliphatic carbocycles. The van der Waals surface area contributed by atoms with Gasteiger partial charge in [-0.1, -0.05) is 23.4 Å². The summed E-state index contributed by atoms with van der Waals surface area (Å²) in [5.41, 5.74) is 0.957. The molecule has 2 heterocycles. The predicted molar refractivity (Wildman–Crippen MR) is 126 cm³/mol. The molecule has 0 bridgehead atoms. The number of thioether (sulfide) groups is 1. The maximum Gasteiger partial charge on any atom is 0.195 e. The van der Waals surface area contributed by atoms with Crippen molar-refractivity contribution in [2.75, 3.05) is 45.2 Å². The Morgan fingerprint density at radius 2 is 1.66 bits per heavy atom. The minimum atomic E-state index is 0.299. The fourth-order valence-corrected chi connectivity index (χ4v) is 4.47. The van der Waals surface area contributed by atoms with Crippen molar-refractivity contribution in [1.29, 1.82) is 0 Å². The van der Waals surface area contributed by atoms with Gasteiger partial charge in [-0.25, -0.2) is 0 Å². The lowest BCUT2D eigenvalue weighted by Gasteiger charge is -2.26. The van der Waals surface area contributed by atoms with E-state index in [-0.39, 0.29) is 0 Å². The Balaban J connectivity index is 1.46. The predicted octanol–water partition coefficient (Wildman–Crippen LogP) is 4.32. The Kier molecular flexibility index (Phi) is 8.28. The molecule has 0 N–H and O–H groups in total. The molecular formula is C23H27ClN4O3S. The van der Waals surface area contributed by atoms with Crippen LogP contribution in [0.4, 0.5) is 0 Å². The Labute approximate surface area is 197 Å². The van der Waals surface area contributed by atoms with Gasteiger partial charge in [-0.05, 0) is 55.5 Å². The van der Waals surface area contributed by atoms with Crippen LogP contribution in [0.5, 0.6) is 11.5 Å². The standard InChI is InChI=1S/C23H27ClN4O3S/c1-2-30-20-7-9-21(10-8-20)31-17-22-25-26-23(28(22)19-5-3-18(24)4-6-19)32-16-13-27-11-14-29-15-12-27/h3-10H,2,11-17H2,1H3. The van der Waals surface area contributed by atoms with E-state index in [0.717, 1.165) is 66.8 Å². The molecule has 0 saturated carbocycles. The average molecular weight is 475 g/mol. The summed E-state index contributed by atoms with van der Waals surface area (Å²) >= 11 is 7.79. The number of ether oxygens (including phenoxy) is 3. The van der Waals surface area contributed by atoms with Gasteiger partial charge in [0.05, 0.1) is 19.8 Å². The zero-order chi connectivity index (χ0) is 22.2. The third kappa shape index (κ3) is 6.16. The van der Waals surface area contributed by atoms with Crippen LogP contribution in [0.1, 0.15) is 12.7 Å². The maximum absolute atomic E-state index is 6.10. The van der Waals surface area contributed by atoms with Gasteiger partial charge in [-0.2, -0.15) is 0 Å². The number of hydrogen-bond donors (Lipinski definition) is 0. The van der Waals surface area contributed by atoms with Crippen molar-refractivity contribution in [2.24, 2.45) is 0 Å². The van der Waals surface area contributed by atoms with Crippen molar-refractivity contribution < 1.29 is 14.2 Å². The molecule has 32 heavy (non-hydrogen) atoms. The van der Waals surface area contributed by atoms with Gasteiger partial charge < -0.3 is 14.2 Å². The molecule has 4 rings (SSSR count). The van der Waals surface area contributed by atoms with Crippen LogP contribution in [0.2, 0.25) is 5.02 Å². The van der Waals surface area contributed by atoms with Crippen molar-refractivity contribution >= 4 is 23.4 Å². The summed E-state index contributed by atoms with van der Waals surface area (Å²) in [5.74, 6) is 3.23. The monoisotopic (exact) mass is 474 g/mol. The molecule has 1 saturated heterocycles. The number of rotatable bonds is 10. The van der Waals surface area contributed by atoms with E-state index in [2.05, 4.69) is 15.1 Å². The van der Waals surface area contributed by atoms with Crippen molar-refractivity contribution in [1.82, 2.24) is 19.7 Å². The van der Waals surface area contributed by atoms with Gasteiger partial charge in [0.2, 0.25) is 0 Å². The maximum atomic E-state index is 6.10. The van der Waals surface area contributed by atoms with Gasteiger partial charge in [-0.15, -0.1) is 10.2 Å². The van der Waals surface area contributed by atoms with Crippen LogP contribution in [0.15, 0.2) is 53.7 Å². The first kappa shape index (κ1) is 22.9. The number of nitrogens with zero attached hydrogens (tertiary/aromatic N) is 4. The van der Waals surface area contributed by atoms with Crippen molar-refractivity contribution in [3.8, 4) is 17.2 Å². The molecular weight excluding hydrogens is 448 g/mol. The Morgan fingerprint density at radius 3 is 2.34 bits per heavy atom. The Hall–Kier alpha value is -2.26. The molecule has 1 fully saturated rings. The normalized spacial score (nSPS) is 14.4. The van der Waals surface area contributed by atoms with Gasteiger partial charge in [0.25, 0.3) is 0 Å². The fraction of sp³-hybridized carbons (Fsp3) is 0.391. The average Bonchev–Trinajstić information content (AvgIpc) is 3.23. The number of hydrogen-bond acceptors (Lipinski definition) is 7. The second-order valence-corrected chi connectivity index (χ2v) is 8.70. The van der Waals surface area contributed by atoms with Crippen LogP contribution in [0.3, 0.4) is 0 Å². The van der Waals surface area contributed by atoms with E-state index in [4.69, 9.17) is 25.8 Å². The summed E-state index contributed by atoms with van der Waals surface area (Å²) in [7, 11) is 0. The number of benzene rings is 2. The highest BCUT2D eigenvalue weighted by Gasteiger charge is 2.17. The fourth-order valence-electron chi connectivity index (χ4n) is 3.37. The van der Waals surface area contributed by atoms with E-state index < -0.39 is 0 Å². The number of halogens is 1. The van der Waals surface area contributed by atoms with Crippen LogP contribution in [0, 0.1) is 0 Å². The molecule has 1 aliphatic heterocycles. The van der Waals surface area contributed by atoms with E-state index in [1.165, 1.54) is 0 Å². The van der Waals surface area contributed by atoms with Gasteiger partial charge in [0.15, 0.2) is 11.0 Å². The summed E-state index contributed by atoms with van der Waals surface area (Å²) < 4.78 is 18.9. The van der Waals surface area contributed by atoms with E-state index >= 15 is 0 Å². The van der Waals surface area contributed by atoms with E-state index in [9.17, 15) is 0 Å². The molecule has 9 heteroatoms. The smallest absolute Gasteiger partial charge is 0.195 e. The lowest BCUT2D eigenvalue weighted by atomic mass is 10.3. The van der Waals surface area contributed by atoms with Crippen molar-refractivity contribution in [2.45, 2.75) is 18.7 Å². The number of morpholine rings is 1. The summed E-state index contributed by atoms with van der Waals surface area (Å²) in [6, 6.07) is 15.3. The third-order valence-corrected chi connectivity index (χ3v) is 6.19. The highest BCUT2D eigenvalue weighted by atomic mass is 35.5. The molecule has 0 radical (unpaired) electrons. The summed E-state index contributed by atoms with van der Waals surface area (Å²) in [6.07, 6.45) is 0. The Morgan fingerprint density at radius 1 is 0.969 bits per heavy atom. The van der Waals surface area contributed by atoms with Crippen molar-refractivity contribution in [3.63, 3.8) is 0 Å². The molecule has 1 aliphatic rings. The summed E-state index contributed by atoms with van der Waals surface area (Å²) in [4.78, 5) is 2.41. The SMILES string of the molecule is CCOc1ccc(OCc2nnc(SCCN3CCOCC3)n2-c2ccc(Cl)cc2)cc1. The summed E-state index contributed by atoms with van der Waals surface area (Å²) in [6.45, 7) is 7.45. The first-order chi connectivity index (χ1) is 15.7. The van der Waals surface area contributed by atoms with Crippen LogP contribution in [-0.4, -0.2) is 64.9 Å². The van der Waals surface area contributed by atoms with E-state index in [1.54, 1.807) is 11.8 Å².